The van der Waals surface area contributed by atoms with Crippen LogP contribution in [0.5, 0.6) is 0 Å². The Bertz CT molecular complexity index is 965. The summed E-state index contributed by atoms with van der Waals surface area (Å²) in [6.45, 7) is 7.69. The van der Waals surface area contributed by atoms with Crippen molar-refractivity contribution in [3.63, 3.8) is 0 Å². The Balaban J connectivity index is 1.85. The molecule has 0 aliphatic carbocycles. The summed E-state index contributed by atoms with van der Waals surface area (Å²) in [7, 11) is -1.56. The Hall–Kier alpha value is -2.35. The second-order valence-corrected chi connectivity index (χ2v) is 7.05. The van der Waals surface area contributed by atoms with E-state index in [9.17, 15) is 10.0 Å². The molecule has 140 valence electrons. The molecule has 4 rings (SSSR count). The molecule has 27 heavy (non-hydrogen) atoms. The van der Waals surface area contributed by atoms with E-state index in [1.807, 2.05) is 25.1 Å². The Kier molecular flexibility index (Phi) is 4.91. The van der Waals surface area contributed by atoms with Crippen LogP contribution in [0.1, 0.15) is 17.0 Å². The molecule has 2 N–H and O–H groups in total. The van der Waals surface area contributed by atoms with Gasteiger partial charge in [-0.1, -0.05) is 24.3 Å². The number of hydrogen-bond acceptors (Lipinski definition) is 5. The van der Waals surface area contributed by atoms with Gasteiger partial charge in [0.25, 0.3) is 0 Å². The summed E-state index contributed by atoms with van der Waals surface area (Å²) < 4.78 is 7.59. The fraction of sp³-hybridized carbons (Fsp3) is 0.350. The number of rotatable bonds is 4. The van der Waals surface area contributed by atoms with Gasteiger partial charge in [0.15, 0.2) is 0 Å². The van der Waals surface area contributed by atoms with E-state index in [-0.39, 0.29) is 0 Å². The molecule has 1 saturated heterocycles. The van der Waals surface area contributed by atoms with E-state index < -0.39 is 7.12 Å². The molecule has 0 unspecified atom stereocenters. The van der Waals surface area contributed by atoms with Gasteiger partial charge in [0, 0.05) is 30.8 Å². The van der Waals surface area contributed by atoms with Gasteiger partial charge in [-0.2, -0.15) is 0 Å². The number of benzene rings is 2. The SMILES string of the molecule is Cc1ccccc1Cn1c(C)nc2c(B(O)O)cc(N3CCOCC3)cc21. The Morgan fingerprint density at radius 1 is 1.11 bits per heavy atom. The molecule has 0 radical (unpaired) electrons. The molecule has 0 saturated carbocycles. The third-order valence-electron chi connectivity index (χ3n) is 5.30. The van der Waals surface area contributed by atoms with Crippen LogP contribution in [0.4, 0.5) is 5.69 Å². The summed E-state index contributed by atoms with van der Waals surface area (Å²) in [6, 6.07) is 12.2. The average Bonchev–Trinajstić information content (AvgIpc) is 2.98. The topological polar surface area (TPSA) is 70.8 Å². The maximum Gasteiger partial charge on any atom is 0.490 e. The number of anilines is 1. The fourth-order valence-electron chi connectivity index (χ4n) is 3.71. The first-order chi connectivity index (χ1) is 13.0. The largest absolute Gasteiger partial charge is 0.490 e. The molecule has 0 spiro atoms. The highest BCUT2D eigenvalue weighted by atomic mass is 16.5. The van der Waals surface area contributed by atoms with Gasteiger partial charge in [-0.3, -0.25) is 0 Å². The Labute approximate surface area is 159 Å². The molecule has 1 aromatic heterocycles. The minimum Gasteiger partial charge on any atom is -0.423 e. The zero-order valence-electron chi connectivity index (χ0n) is 15.7. The maximum absolute atomic E-state index is 9.94. The van der Waals surface area contributed by atoms with Crippen molar-refractivity contribution >= 4 is 29.3 Å². The van der Waals surface area contributed by atoms with E-state index in [1.165, 1.54) is 11.1 Å². The number of fused-ring (bicyclic) bond motifs is 1. The number of ether oxygens (including phenoxy) is 1. The van der Waals surface area contributed by atoms with Crippen LogP contribution in [0, 0.1) is 13.8 Å². The summed E-state index contributed by atoms with van der Waals surface area (Å²) >= 11 is 0. The Morgan fingerprint density at radius 3 is 2.56 bits per heavy atom. The van der Waals surface area contributed by atoms with E-state index in [2.05, 4.69) is 39.6 Å². The average molecular weight is 365 g/mol. The molecular formula is C20H24BN3O3. The molecule has 7 heteroatoms. The first-order valence-electron chi connectivity index (χ1n) is 9.28. The van der Waals surface area contributed by atoms with Gasteiger partial charge in [-0.15, -0.1) is 0 Å². The summed E-state index contributed by atoms with van der Waals surface area (Å²) in [5.74, 6) is 0.856. The highest BCUT2D eigenvalue weighted by molar-refractivity contribution is 6.61. The lowest BCUT2D eigenvalue weighted by atomic mass is 9.79. The van der Waals surface area contributed by atoms with Crippen molar-refractivity contribution in [1.82, 2.24) is 9.55 Å². The third-order valence-corrected chi connectivity index (χ3v) is 5.30. The van der Waals surface area contributed by atoms with Gasteiger partial charge in [-0.25, -0.2) is 4.98 Å². The molecule has 1 fully saturated rings. The summed E-state index contributed by atoms with van der Waals surface area (Å²) in [6.07, 6.45) is 0. The molecule has 0 atom stereocenters. The van der Waals surface area contributed by atoms with Crippen LogP contribution >= 0.6 is 0 Å². The normalized spacial score (nSPS) is 14.7. The summed E-state index contributed by atoms with van der Waals surface area (Å²) in [5.41, 5.74) is 5.43. The van der Waals surface area contributed by atoms with Crippen LogP contribution < -0.4 is 10.4 Å². The highest BCUT2D eigenvalue weighted by Crippen LogP contribution is 2.24. The zero-order chi connectivity index (χ0) is 19.0. The van der Waals surface area contributed by atoms with E-state index in [0.717, 1.165) is 30.1 Å². The minimum absolute atomic E-state index is 0.445. The van der Waals surface area contributed by atoms with Crippen molar-refractivity contribution in [2.45, 2.75) is 20.4 Å². The number of morpholine rings is 1. The molecule has 2 aromatic carbocycles. The zero-order valence-corrected chi connectivity index (χ0v) is 15.7. The lowest BCUT2D eigenvalue weighted by Gasteiger charge is -2.29. The number of nitrogens with zero attached hydrogens (tertiary/aromatic N) is 3. The second kappa shape index (κ2) is 7.35. The molecule has 3 aromatic rings. The van der Waals surface area contributed by atoms with Crippen molar-refractivity contribution < 1.29 is 14.8 Å². The minimum atomic E-state index is -1.56. The molecule has 0 bridgehead atoms. The van der Waals surface area contributed by atoms with Crippen molar-refractivity contribution in [3.05, 3.63) is 53.3 Å². The van der Waals surface area contributed by atoms with E-state index >= 15 is 0 Å². The lowest BCUT2D eigenvalue weighted by Crippen LogP contribution is -2.38. The van der Waals surface area contributed by atoms with Crippen LogP contribution in [-0.4, -0.2) is 53.0 Å². The van der Waals surface area contributed by atoms with Gasteiger partial charge in [0.05, 0.1) is 24.2 Å². The molecule has 2 heterocycles. The first-order valence-corrected chi connectivity index (χ1v) is 9.28. The van der Waals surface area contributed by atoms with Crippen LogP contribution in [0.2, 0.25) is 0 Å². The monoisotopic (exact) mass is 365 g/mol. The van der Waals surface area contributed by atoms with Gasteiger partial charge >= 0.3 is 7.12 Å². The van der Waals surface area contributed by atoms with Gasteiger partial charge in [0.1, 0.15) is 5.82 Å². The first kappa shape index (κ1) is 18.0. The number of aromatic nitrogens is 2. The van der Waals surface area contributed by atoms with Crippen molar-refractivity contribution in [1.29, 1.82) is 0 Å². The van der Waals surface area contributed by atoms with Crippen LogP contribution in [0.25, 0.3) is 11.0 Å². The summed E-state index contributed by atoms with van der Waals surface area (Å²) in [5, 5.41) is 19.9. The smallest absolute Gasteiger partial charge is 0.423 e. The van der Waals surface area contributed by atoms with Crippen LogP contribution in [0.15, 0.2) is 36.4 Å². The number of imidazole rings is 1. The Morgan fingerprint density at radius 2 is 1.85 bits per heavy atom. The molecular weight excluding hydrogens is 341 g/mol. The van der Waals surface area contributed by atoms with Gasteiger partial charge in [-0.05, 0) is 37.1 Å². The maximum atomic E-state index is 9.94. The van der Waals surface area contributed by atoms with Gasteiger partial charge < -0.3 is 24.3 Å². The standard InChI is InChI=1S/C20H24BN3O3/c1-14-5-3-4-6-16(14)13-24-15(2)22-20-18(21(25)26)11-17(12-19(20)24)23-7-9-27-10-8-23/h3-6,11-12,25-26H,7-10,13H2,1-2H3. The highest BCUT2D eigenvalue weighted by Gasteiger charge is 2.23. The van der Waals surface area contributed by atoms with E-state index in [0.29, 0.717) is 30.7 Å². The fourth-order valence-corrected chi connectivity index (χ4v) is 3.71. The quantitative estimate of drug-likeness (QED) is 0.681. The van der Waals surface area contributed by atoms with Crippen molar-refractivity contribution in [2.75, 3.05) is 31.2 Å². The number of hydrogen-bond donors (Lipinski definition) is 2. The molecule has 1 aliphatic rings. The van der Waals surface area contributed by atoms with Gasteiger partial charge in [0.2, 0.25) is 0 Å². The van der Waals surface area contributed by atoms with Crippen molar-refractivity contribution in [3.8, 4) is 0 Å². The summed E-state index contributed by atoms with van der Waals surface area (Å²) in [4.78, 5) is 6.86. The predicted molar refractivity (Wildman–Crippen MR) is 108 cm³/mol. The second-order valence-electron chi connectivity index (χ2n) is 7.05. The molecule has 0 amide bonds. The number of aryl methyl sites for hydroxylation is 2. The van der Waals surface area contributed by atoms with E-state index in [1.54, 1.807) is 0 Å². The van der Waals surface area contributed by atoms with Crippen LogP contribution in [-0.2, 0) is 11.3 Å². The predicted octanol–water partition coefficient (Wildman–Crippen LogP) is 1.22. The third kappa shape index (κ3) is 3.46. The van der Waals surface area contributed by atoms with Crippen molar-refractivity contribution in [2.24, 2.45) is 0 Å². The molecule has 1 aliphatic heterocycles. The van der Waals surface area contributed by atoms with Crippen LogP contribution in [0.3, 0.4) is 0 Å². The van der Waals surface area contributed by atoms with E-state index in [4.69, 9.17) is 4.74 Å². The molecule has 6 nitrogen and oxygen atoms in total. The lowest BCUT2D eigenvalue weighted by molar-refractivity contribution is 0.122.